The van der Waals surface area contributed by atoms with Crippen LogP contribution in [0, 0.1) is 0 Å². The molecule has 0 aliphatic carbocycles. The van der Waals surface area contributed by atoms with E-state index < -0.39 is 0 Å². The number of benzene rings is 2. The van der Waals surface area contributed by atoms with Gasteiger partial charge in [-0.05, 0) is 24.1 Å². The molecule has 0 saturated heterocycles. The van der Waals surface area contributed by atoms with E-state index in [0.717, 1.165) is 11.1 Å². The lowest BCUT2D eigenvalue weighted by atomic mass is 10.0. The van der Waals surface area contributed by atoms with Gasteiger partial charge in [-0.25, -0.2) is 0 Å². The Morgan fingerprint density at radius 3 is 2.16 bits per heavy atom. The predicted molar refractivity (Wildman–Crippen MR) is 79.4 cm³/mol. The molecule has 2 aromatic rings. The highest BCUT2D eigenvalue weighted by Crippen LogP contribution is 2.18. The summed E-state index contributed by atoms with van der Waals surface area (Å²) in [6.07, 6.45) is 1.92. The number of hydrogen-bond acceptors (Lipinski definition) is 1. The molecule has 19 heavy (non-hydrogen) atoms. The maximum Gasteiger partial charge on any atom is 0.251 e. The van der Waals surface area contributed by atoms with Gasteiger partial charge in [0, 0.05) is 12.1 Å². The van der Waals surface area contributed by atoms with Crippen molar-refractivity contribution in [3.63, 3.8) is 0 Å². The van der Waals surface area contributed by atoms with E-state index in [9.17, 15) is 4.79 Å². The van der Waals surface area contributed by atoms with Crippen LogP contribution in [-0.4, -0.2) is 12.5 Å². The van der Waals surface area contributed by atoms with Gasteiger partial charge in [0.2, 0.25) is 0 Å². The largest absolute Gasteiger partial charge is 0.352 e. The van der Waals surface area contributed by atoms with Gasteiger partial charge in [0.1, 0.15) is 0 Å². The smallest absolute Gasteiger partial charge is 0.251 e. The first-order chi connectivity index (χ1) is 9.31. The Morgan fingerprint density at radius 1 is 1.00 bits per heavy atom. The average Bonchev–Trinajstić information content (AvgIpc) is 2.47. The lowest BCUT2D eigenvalue weighted by Gasteiger charge is -2.08. The monoisotopic (exact) mass is 251 g/mol. The van der Waals surface area contributed by atoms with Crippen LogP contribution in [0.4, 0.5) is 0 Å². The molecule has 0 radical (unpaired) electrons. The quantitative estimate of drug-likeness (QED) is 0.655. The van der Waals surface area contributed by atoms with Gasteiger partial charge in [-0.3, -0.25) is 4.79 Å². The Morgan fingerprint density at radius 2 is 1.58 bits per heavy atom. The Labute approximate surface area is 113 Å². The third-order valence-electron chi connectivity index (χ3n) is 2.78. The van der Waals surface area contributed by atoms with Crippen LogP contribution in [0.3, 0.4) is 0 Å². The Balaban J connectivity index is 2.41. The molecule has 96 valence electrons. The van der Waals surface area contributed by atoms with Crippen molar-refractivity contribution in [2.45, 2.75) is 6.92 Å². The highest BCUT2D eigenvalue weighted by molar-refractivity contribution is 6.24. The molecule has 0 aliphatic rings. The van der Waals surface area contributed by atoms with Crippen molar-refractivity contribution in [1.29, 1.82) is 0 Å². The van der Waals surface area contributed by atoms with E-state index in [0.29, 0.717) is 12.1 Å². The van der Waals surface area contributed by atoms with Gasteiger partial charge in [0.25, 0.3) is 5.91 Å². The molecule has 0 unspecified atom stereocenters. The standard InChI is InChI=1S/C17H17NO/c1-2-18-17(19)16(15-11-7-4-8-12-15)13-14-9-5-3-6-10-14/h3-13H,2H2,1H3,(H,18,19)/b16-13-. The van der Waals surface area contributed by atoms with Crippen molar-refractivity contribution in [3.8, 4) is 0 Å². The van der Waals surface area contributed by atoms with Crippen LogP contribution in [-0.2, 0) is 4.79 Å². The number of hydrogen-bond donors (Lipinski definition) is 1. The Kier molecular flexibility index (Phi) is 4.51. The normalized spacial score (nSPS) is 11.1. The third kappa shape index (κ3) is 3.55. The van der Waals surface area contributed by atoms with Gasteiger partial charge in [-0.15, -0.1) is 0 Å². The second kappa shape index (κ2) is 6.55. The van der Waals surface area contributed by atoms with Crippen LogP contribution >= 0.6 is 0 Å². The Hall–Kier alpha value is -2.35. The molecule has 0 bridgehead atoms. The van der Waals surface area contributed by atoms with Crippen molar-refractivity contribution in [3.05, 3.63) is 71.8 Å². The average molecular weight is 251 g/mol. The number of rotatable bonds is 4. The van der Waals surface area contributed by atoms with Crippen molar-refractivity contribution >= 4 is 17.6 Å². The summed E-state index contributed by atoms with van der Waals surface area (Å²) in [6.45, 7) is 2.54. The highest BCUT2D eigenvalue weighted by Gasteiger charge is 2.10. The van der Waals surface area contributed by atoms with Gasteiger partial charge in [0.15, 0.2) is 0 Å². The van der Waals surface area contributed by atoms with E-state index >= 15 is 0 Å². The molecule has 0 aliphatic heterocycles. The number of carbonyl (C=O) groups is 1. The van der Waals surface area contributed by atoms with Crippen molar-refractivity contribution in [2.24, 2.45) is 0 Å². The summed E-state index contributed by atoms with van der Waals surface area (Å²) in [7, 11) is 0. The summed E-state index contributed by atoms with van der Waals surface area (Å²) in [5, 5.41) is 2.86. The number of likely N-dealkylation sites (N-methyl/N-ethyl adjacent to an activating group) is 1. The van der Waals surface area contributed by atoms with Gasteiger partial charge in [0.05, 0.1) is 0 Å². The fourth-order valence-electron chi connectivity index (χ4n) is 1.87. The SMILES string of the molecule is CCNC(=O)/C(=C\c1ccccc1)c1ccccc1. The molecule has 1 amide bonds. The van der Waals surface area contributed by atoms with E-state index in [-0.39, 0.29) is 5.91 Å². The lowest BCUT2D eigenvalue weighted by Crippen LogP contribution is -2.23. The van der Waals surface area contributed by atoms with Crippen LogP contribution in [0.25, 0.3) is 11.6 Å². The zero-order chi connectivity index (χ0) is 13.5. The molecular weight excluding hydrogens is 234 g/mol. The van der Waals surface area contributed by atoms with E-state index in [4.69, 9.17) is 0 Å². The van der Waals surface area contributed by atoms with Gasteiger partial charge in [-0.2, -0.15) is 0 Å². The first kappa shape index (κ1) is 13.1. The fraction of sp³-hybridized carbons (Fsp3) is 0.118. The van der Waals surface area contributed by atoms with Crippen LogP contribution in [0.5, 0.6) is 0 Å². The van der Waals surface area contributed by atoms with E-state index in [2.05, 4.69) is 5.32 Å². The first-order valence-electron chi connectivity index (χ1n) is 6.41. The zero-order valence-electron chi connectivity index (χ0n) is 11.0. The second-order valence-electron chi connectivity index (χ2n) is 4.19. The molecule has 2 aromatic carbocycles. The minimum Gasteiger partial charge on any atom is -0.352 e. The van der Waals surface area contributed by atoms with Crippen LogP contribution in [0.1, 0.15) is 18.1 Å². The minimum absolute atomic E-state index is 0.0439. The summed E-state index contributed by atoms with van der Waals surface area (Å²) < 4.78 is 0. The topological polar surface area (TPSA) is 29.1 Å². The molecule has 0 spiro atoms. The summed E-state index contributed by atoms with van der Waals surface area (Å²) >= 11 is 0. The molecule has 0 atom stereocenters. The zero-order valence-corrected chi connectivity index (χ0v) is 11.0. The molecule has 0 saturated carbocycles. The van der Waals surface area contributed by atoms with Crippen LogP contribution in [0.15, 0.2) is 60.7 Å². The summed E-state index contributed by atoms with van der Waals surface area (Å²) in [5.41, 5.74) is 2.64. The fourth-order valence-corrected chi connectivity index (χ4v) is 1.87. The summed E-state index contributed by atoms with van der Waals surface area (Å²) in [6, 6.07) is 19.6. The molecule has 1 N–H and O–H groups in total. The highest BCUT2D eigenvalue weighted by atomic mass is 16.1. The van der Waals surface area contributed by atoms with Gasteiger partial charge in [-0.1, -0.05) is 60.7 Å². The summed E-state index contributed by atoms with van der Waals surface area (Å²) in [5.74, 6) is -0.0439. The Bertz CT molecular complexity index is 558. The molecular formula is C17H17NO. The molecule has 2 heteroatoms. The summed E-state index contributed by atoms with van der Waals surface area (Å²) in [4.78, 5) is 12.2. The van der Waals surface area contributed by atoms with Gasteiger partial charge < -0.3 is 5.32 Å². The lowest BCUT2D eigenvalue weighted by molar-refractivity contribution is -0.115. The number of amides is 1. The predicted octanol–water partition coefficient (Wildman–Crippen LogP) is 3.36. The molecule has 0 heterocycles. The molecule has 0 aromatic heterocycles. The van der Waals surface area contributed by atoms with E-state index in [1.165, 1.54) is 0 Å². The first-order valence-corrected chi connectivity index (χ1v) is 6.41. The maximum atomic E-state index is 12.2. The molecule has 2 nitrogen and oxygen atoms in total. The third-order valence-corrected chi connectivity index (χ3v) is 2.78. The van der Waals surface area contributed by atoms with Crippen LogP contribution < -0.4 is 5.32 Å². The van der Waals surface area contributed by atoms with Crippen LogP contribution in [0.2, 0.25) is 0 Å². The van der Waals surface area contributed by atoms with E-state index in [1.807, 2.05) is 73.7 Å². The van der Waals surface area contributed by atoms with Crippen molar-refractivity contribution in [1.82, 2.24) is 5.32 Å². The van der Waals surface area contributed by atoms with E-state index in [1.54, 1.807) is 0 Å². The number of nitrogens with one attached hydrogen (secondary N) is 1. The molecule has 0 fully saturated rings. The maximum absolute atomic E-state index is 12.2. The van der Waals surface area contributed by atoms with Crippen molar-refractivity contribution in [2.75, 3.05) is 6.54 Å². The van der Waals surface area contributed by atoms with Gasteiger partial charge >= 0.3 is 0 Å². The molecule has 2 rings (SSSR count). The minimum atomic E-state index is -0.0439. The second-order valence-corrected chi connectivity index (χ2v) is 4.19. The number of carbonyl (C=O) groups excluding carboxylic acids is 1. The van der Waals surface area contributed by atoms with Crippen molar-refractivity contribution < 1.29 is 4.79 Å².